The van der Waals surface area contributed by atoms with Gasteiger partial charge in [0.2, 0.25) is 11.8 Å². The molecule has 0 radical (unpaired) electrons. The zero-order valence-corrected chi connectivity index (χ0v) is 31.1. The van der Waals surface area contributed by atoms with Crippen LogP contribution in [-0.2, 0) is 26.1 Å². The van der Waals surface area contributed by atoms with Gasteiger partial charge in [-0.25, -0.2) is 0 Å². The van der Waals surface area contributed by atoms with Gasteiger partial charge in [0.05, 0.1) is 40.2 Å². The molecule has 0 spiro atoms. The minimum atomic E-state index is -4.74. The number of nitrogens with one attached hydrogen (secondary N) is 2. The maximum Gasteiger partial charge on any atom is 0.417 e. The second-order valence-electron chi connectivity index (χ2n) is 16.3. The third-order valence-electron chi connectivity index (χ3n) is 12.5. The van der Waals surface area contributed by atoms with E-state index in [1.54, 1.807) is 38.4 Å². The fourth-order valence-electron chi connectivity index (χ4n) is 9.15. The predicted octanol–water partition coefficient (Wildman–Crippen LogP) is 2.38. The Morgan fingerprint density at radius 1 is 0.860 bits per heavy atom. The summed E-state index contributed by atoms with van der Waals surface area (Å²) in [6.45, 7) is 8.45. The van der Waals surface area contributed by atoms with Gasteiger partial charge in [-0.05, 0) is 63.1 Å². The van der Waals surface area contributed by atoms with Gasteiger partial charge in [-0.2, -0.15) is 23.5 Å². The van der Waals surface area contributed by atoms with Crippen molar-refractivity contribution in [2.75, 3.05) is 54.4 Å². The van der Waals surface area contributed by atoms with E-state index in [-0.39, 0.29) is 29.7 Å². The number of nitriles is 1. The van der Waals surface area contributed by atoms with E-state index in [0.29, 0.717) is 24.2 Å². The number of halogens is 3. The first kappa shape index (κ1) is 36.8. The highest BCUT2D eigenvalue weighted by molar-refractivity contribution is 6.23. The van der Waals surface area contributed by atoms with Crippen molar-refractivity contribution in [1.82, 2.24) is 29.8 Å². The molecule has 3 atom stereocenters. The summed E-state index contributed by atoms with van der Waals surface area (Å²) < 4.78 is 41.9. The minimum absolute atomic E-state index is 0.0671. The summed E-state index contributed by atoms with van der Waals surface area (Å²) >= 11 is 0. The van der Waals surface area contributed by atoms with Gasteiger partial charge in [0.1, 0.15) is 11.6 Å². The van der Waals surface area contributed by atoms with Crippen LogP contribution in [0.5, 0.6) is 0 Å². The van der Waals surface area contributed by atoms with Crippen LogP contribution in [0, 0.1) is 11.3 Å². The Balaban J connectivity index is 0.760. The molecule has 2 aromatic carbocycles. The fourth-order valence-corrected chi connectivity index (χ4v) is 9.15. The summed E-state index contributed by atoms with van der Waals surface area (Å²) in [5.41, 5.74) is -0.664. The lowest BCUT2D eigenvalue weighted by molar-refractivity contribution is -0.138. The number of amides is 5. The predicted molar refractivity (Wildman–Crippen MR) is 197 cm³/mol. The standard InChI is InChI=1S/C39H39F3N10O5/c1-38(2,37(57)45-22-4-3-21(12-43)31(9-22)39(40,41)42)51-20-26(13-44-51)48-16-28(17-48)50-19-24-10-25(50)18-49(24)27-14-47(15-27)23-5-6-29-30(11-23)36(56)52(35(29)55)32-7-8-33(53)46-34(32)54/h3-6,9,11,13,20,24-25,27-28,32H,7-8,10,14-19H2,1-2H3,(H,45,57)(H,46,53,54). The Morgan fingerprint density at radius 3 is 2.12 bits per heavy atom. The lowest BCUT2D eigenvalue weighted by Gasteiger charge is -2.52. The number of fused-ring (bicyclic) bond motifs is 3. The van der Waals surface area contributed by atoms with E-state index in [0.717, 1.165) is 74.1 Å². The molecule has 7 heterocycles. The molecule has 18 heteroatoms. The van der Waals surface area contributed by atoms with E-state index < -0.39 is 58.4 Å². The van der Waals surface area contributed by atoms with Crippen LogP contribution in [0.1, 0.15) is 65.0 Å². The molecule has 9 rings (SSSR count). The summed E-state index contributed by atoms with van der Waals surface area (Å²) in [4.78, 5) is 74.3. The van der Waals surface area contributed by atoms with Crippen molar-refractivity contribution >= 4 is 46.6 Å². The Labute approximate surface area is 324 Å². The Hall–Kier alpha value is -5.80. The van der Waals surface area contributed by atoms with Gasteiger partial charge in [0.25, 0.3) is 17.7 Å². The molecule has 6 aliphatic heterocycles. The van der Waals surface area contributed by atoms with Gasteiger partial charge < -0.3 is 15.1 Å². The summed E-state index contributed by atoms with van der Waals surface area (Å²) in [6, 6.07) is 10.5. The number of carbonyl (C=O) groups is 5. The van der Waals surface area contributed by atoms with E-state index in [1.165, 1.54) is 16.8 Å². The van der Waals surface area contributed by atoms with Crippen LogP contribution in [0.2, 0.25) is 0 Å². The van der Waals surface area contributed by atoms with Gasteiger partial charge in [0, 0.05) is 87.4 Å². The van der Waals surface area contributed by atoms with E-state index >= 15 is 0 Å². The molecule has 1 aromatic heterocycles. The molecular weight excluding hydrogens is 745 g/mol. The zero-order valence-electron chi connectivity index (χ0n) is 31.1. The molecule has 0 saturated carbocycles. The normalized spacial score (nSPS) is 24.4. The number of hydrogen-bond acceptors (Lipinski definition) is 11. The first-order valence-corrected chi connectivity index (χ1v) is 19.0. The highest BCUT2D eigenvalue weighted by Crippen LogP contribution is 2.40. The number of benzene rings is 2. The molecule has 57 heavy (non-hydrogen) atoms. The van der Waals surface area contributed by atoms with Crippen molar-refractivity contribution < 1.29 is 37.1 Å². The maximum absolute atomic E-state index is 13.5. The van der Waals surface area contributed by atoms with Crippen molar-refractivity contribution in [1.29, 1.82) is 5.26 Å². The van der Waals surface area contributed by atoms with E-state index in [9.17, 15) is 37.1 Å². The third-order valence-corrected chi connectivity index (χ3v) is 12.5. The first-order valence-electron chi connectivity index (χ1n) is 19.0. The average Bonchev–Trinajstić information content (AvgIpc) is 3.92. The second kappa shape index (κ2) is 13.1. The summed E-state index contributed by atoms with van der Waals surface area (Å²) in [6.07, 6.45) is 0.0152. The molecule has 6 aliphatic rings. The third kappa shape index (κ3) is 6.11. The summed E-state index contributed by atoms with van der Waals surface area (Å²) in [5, 5.41) is 18.3. The lowest BCUT2D eigenvalue weighted by Crippen LogP contribution is -2.67. The van der Waals surface area contributed by atoms with Gasteiger partial charge in [0.15, 0.2) is 0 Å². The number of nitrogens with zero attached hydrogens (tertiary/aromatic N) is 8. The van der Waals surface area contributed by atoms with E-state index in [2.05, 4.69) is 35.3 Å². The molecule has 0 aliphatic carbocycles. The molecule has 3 aromatic rings. The summed E-state index contributed by atoms with van der Waals surface area (Å²) in [5.74, 6) is -2.62. The van der Waals surface area contributed by atoms with Gasteiger partial charge in [-0.1, -0.05) is 0 Å². The largest absolute Gasteiger partial charge is 0.417 e. The summed E-state index contributed by atoms with van der Waals surface area (Å²) in [7, 11) is 0. The molecule has 5 fully saturated rings. The molecule has 296 valence electrons. The van der Waals surface area contributed by atoms with Crippen LogP contribution in [0.4, 0.5) is 30.2 Å². The number of piperazine rings is 1. The van der Waals surface area contributed by atoms with Crippen LogP contribution in [0.25, 0.3) is 0 Å². The number of carbonyl (C=O) groups excluding carboxylic acids is 5. The van der Waals surface area contributed by atoms with Crippen molar-refractivity contribution in [3.8, 4) is 6.07 Å². The van der Waals surface area contributed by atoms with Crippen LogP contribution >= 0.6 is 0 Å². The number of anilines is 3. The van der Waals surface area contributed by atoms with Crippen LogP contribution in [-0.4, -0.2) is 123 Å². The quantitative estimate of drug-likeness (QED) is 0.322. The zero-order chi connectivity index (χ0) is 40.1. The molecule has 2 N–H and O–H groups in total. The van der Waals surface area contributed by atoms with Crippen molar-refractivity contribution in [2.45, 2.75) is 75.0 Å². The average molecular weight is 785 g/mol. The maximum atomic E-state index is 13.5. The first-order chi connectivity index (χ1) is 27.1. The highest BCUT2D eigenvalue weighted by atomic mass is 19.4. The molecule has 5 amide bonds. The van der Waals surface area contributed by atoms with Gasteiger partial charge in [-0.3, -0.25) is 48.7 Å². The smallest absolute Gasteiger partial charge is 0.368 e. The van der Waals surface area contributed by atoms with Crippen molar-refractivity contribution in [3.63, 3.8) is 0 Å². The Morgan fingerprint density at radius 2 is 1.51 bits per heavy atom. The number of alkyl halides is 3. The number of imide groups is 2. The molecule has 3 unspecified atom stereocenters. The molecular formula is C39H39F3N10O5. The van der Waals surface area contributed by atoms with Gasteiger partial charge >= 0.3 is 6.18 Å². The monoisotopic (exact) mass is 784 g/mol. The number of hydrogen-bond donors (Lipinski definition) is 2. The molecule has 15 nitrogen and oxygen atoms in total. The lowest BCUT2D eigenvalue weighted by atomic mass is 10.0. The number of aromatic nitrogens is 2. The van der Waals surface area contributed by atoms with Gasteiger partial charge in [-0.15, -0.1) is 0 Å². The van der Waals surface area contributed by atoms with E-state index in [1.807, 2.05) is 6.07 Å². The Kier molecular flexibility index (Phi) is 8.48. The fraction of sp³-hybridized carbons (Fsp3) is 0.462. The van der Waals surface area contributed by atoms with Crippen LogP contribution in [0.15, 0.2) is 48.8 Å². The SMILES string of the molecule is CC(C)(C(=O)Nc1ccc(C#N)c(C(F)(F)F)c1)n1cc(N2CC(N3CC4CC3CN4C3CN(c4ccc5c(c4)C(=O)N(C4CCC(=O)NC4=O)C5=O)C3)C2)cn1. The number of likely N-dealkylation sites (tertiary alicyclic amines) is 2. The topological polar surface area (TPSA) is 167 Å². The number of rotatable bonds is 8. The van der Waals surface area contributed by atoms with Crippen molar-refractivity contribution in [3.05, 3.63) is 71.0 Å². The van der Waals surface area contributed by atoms with Crippen LogP contribution in [0.3, 0.4) is 0 Å². The van der Waals surface area contributed by atoms with Crippen LogP contribution < -0.4 is 20.4 Å². The molecule has 2 bridgehead atoms. The Bertz CT molecular complexity index is 2270. The number of piperidine rings is 1. The second-order valence-corrected chi connectivity index (χ2v) is 16.3. The van der Waals surface area contributed by atoms with Crippen molar-refractivity contribution in [2.24, 2.45) is 0 Å². The van der Waals surface area contributed by atoms with E-state index in [4.69, 9.17) is 5.26 Å². The minimum Gasteiger partial charge on any atom is -0.368 e. The highest BCUT2D eigenvalue weighted by Gasteiger charge is 2.52. The molecule has 5 saturated heterocycles.